The Morgan fingerprint density at radius 1 is 1.22 bits per heavy atom. The Morgan fingerprint density at radius 2 is 1.67 bits per heavy atom. The maximum absolute atomic E-state index is 7.12. The van der Waals surface area contributed by atoms with Gasteiger partial charge in [0.25, 0.3) is 0 Å². The van der Waals surface area contributed by atoms with Crippen LogP contribution in [0.1, 0.15) is 13.8 Å². The third-order valence-corrected chi connectivity index (χ3v) is 3.43. The fraction of sp³-hybridized carbons (Fsp3) is 1.00. The van der Waals surface area contributed by atoms with Gasteiger partial charge in [-0.15, -0.1) is 23.5 Å². The van der Waals surface area contributed by atoms with Gasteiger partial charge in [0.05, 0.1) is 4.58 Å². The van der Waals surface area contributed by atoms with Crippen LogP contribution in [0.3, 0.4) is 0 Å². The number of thioether (sulfide) groups is 2. The average molecular weight is 164 g/mol. The number of rotatable bonds is 5. The highest BCUT2D eigenvalue weighted by molar-refractivity contribution is 8.17. The summed E-state index contributed by atoms with van der Waals surface area (Å²) in [6.07, 6.45) is 0. The molecule has 0 fully saturated rings. The van der Waals surface area contributed by atoms with Crippen LogP contribution in [0.15, 0.2) is 0 Å². The first-order valence-electron chi connectivity index (χ1n) is 3.22. The molecular formula is C6H14NS2. The van der Waals surface area contributed by atoms with E-state index in [0.717, 1.165) is 11.5 Å². The molecule has 0 amide bonds. The molecule has 0 saturated heterocycles. The zero-order valence-electron chi connectivity index (χ0n) is 6.02. The molecule has 0 aromatic heterocycles. The average Bonchev–Trinajstić information content (AvgIpc) is 1.88. The largest absolute Gasteiger partial charge is 0.256 e. The highest BCUT2D eigenvalue weighted by Gasteiger charge is 2.03. The molecule has 0 spiro atoms. The molecule has 0 aliphatic carbocycles. The molecule has 0 aliphatic heterocycles. The van der Waals surface area contributed by atoms with Crippen LogP contribution in [0.25, 0.3) is 0 Å². The third kappa shape index (κ3) is 5.12. The predicted molar refractivity (Wildman–Crippen MR) is 48.0 cm³/mol. The van der Waals surface area contributed by atoms with Crippen molar-refractivity contribution in [2.45, 2.75) is 18.4 Å². The quantitative estimate of drug-likeness (QED) is 0.581. The molecule has 0 aromatic carbocycles. The Hall–Kier alpha value is 0.660. The zero-order chi connectivity index (χ0) is 7.11. The first-order chi connectivity index (χ1) is 4.35. The smallest absolute Gasteiger partial charge is 0.0640 e. The molecule has 0 unspecified atom stereocenters. The van der Waals surface area contributed by atoms with Crippen LogP contribution >= 0.6 is 23.5 Å². The minimum Gasteiger partial charge on any atom is -0.256 e. The fourth-order valence-electron chi connectivity index (χ4n) is 0.538. The van der Waals surface area contributed by atoms with Gasteiger partial charge in [0.15, 0.2) is 0 Å². The minimum absolute atomic E-state index is 0.514. The van der Waals surface area contributed by atoms with E-state index < -0.39 is 0 Å². The van der Waals surface area contributed by atoms with Gasteiger partial charge in [0, 0.05) is 6.54 Å². The summed E-state index contributed by atoms with van der Waals surface area (Å²) in [4.78, 5) is 0. The van der Waals surface area contributed by atoms with Crippen LogP contribution in [0.2, 0.25) is 0 Å². The highest BCUT2D eigenvalue weighted by Crippen LogP contribution is 2.21. The van der Waals surface area contributed by atoms with Crippen LogP contribution < -0.4 is 5.73 Å². The second-order valence-electron chi connectivity index (χ2n) is 1.54. The van der Waals surface area contributed by atoms with Crippen molar-refractivity contribution in [1.82, 2.24) is 5.73 Å². The Morgan fingerprint density at radius 3 is 1.89 bits per heavy atom. The van der Waals surface area contributed by atoms with E-state index in [-0.39, 0.29) is 0 Å². The highest BCUT2D eigenvalue weighted by atomic mass is 32.2. The molecule has 0 bridgehead atoms. The van der Waals surface area contributed by atoms with Crippen molar-refractivity contribution in [2.24, 2.45) is 0 Å². The third-order valence-electron chi connectivity index (χ3n) is 0.872. The van der Waals surface area contributed by atoms with E-state index in [1.807, 2.05) is 23.5 Å². The van der Waals surface area contributed by atoms with Gasteiger partial charge < -0.3 is 0 Å². The van der Waals surface area contributed by atoms with Gasteiger partial charge in [-0.2, -0.15) is 0 Å². The molecule has 1 nitrogen and oxygen atoms in total. The van der Waals surface area contributed by atoms with E-state index in [1.54, 1.807) is 0 Å². The molecule has 0 saturated carbocycles. The van der Waals surface area contributed by atoms with E-state index in [9.17, 15) is 0 Å². The summed E-state index contributed by atoms with van der Waals surface area (Å²) in [5.74, 6) is 2.27. The molecule has 0 atom stereocenters. The van der Waals surface area contributed by atoms with E-state index in [4.69, 9.17) is 5.73 Å². The molecule has 55 valence electrons. The number of hydrogen-bond acceptors (Lipinski definition) is 2. The van der Waals surface area contributed by atoms with Gasteiger partial charge in [-0.1, -0.05) is 13.8 Å². The van der Waals surface area contributed by atoms with E-state index in [0.29, 0.717) is 11.1 Å². The van der Waals surface area contributed by atoms with Crippen LogP contribution in [0.4, 0.5) is 0 Å². The Balaban J connectivity index is 3.18. The van der Waals surface area contributed by atoms with Crippen molar-refractivity contribution in [3.8, 4) is 0 Å². The zero-order valence-corrected chi connectivity index (χ0v) is 7.65. The molecule has 1 N–H and O–H groups in total. The van der Waals surface area contributed by atoms with Crippen molar-refractivity contribution in [3.05, 3.63) is 0 Å². The van der Waals surface area contributed by atoms with Crippen LogP contribution in [0.5, 0.6) is 0 Å². The monoisotopic (exact) mass is 164 g/mol. The second-order valence-corrected chi connectivity index (χ2v) is 4.80. The lowest BCUT2D eigenvalue weighted by atomic mass is 10.8. The summed E-state index contributed by atoms with van der Waals surface area (Å²) in [6.45, 7) is 4.84. The van der Waals surface area contributed by atoms with Crippen molar-refractivity contribution in [1.29, 1.82) is 0 Å². The molecular weight excluding hydrogens is 150 g/mol. The predicted octanol–water partition coefficient (Wildman–Crippen LogP) is 2.10. The summed E-state index contributed by atoms with van der Waals surface area (Å²) in [5, 5.41) is 0. The molecule has 0 aromatic rings. The Labute approximate surface area is 66.2 Å². The van der Waals surface area contributed by atoms with Gasteiger partial charge in [-0.25, -0.2) is 0 Å². The van der Waals surface area contributed by atoms with Gasteiger partial charge in [0.1, 0.15) is 0 Å². The summed E-state index contributed by atoms with van der Waals surface area (Å²) < 4.78 is 0.514. The van der Waals surface area contributed by atoms with E-state index in [2.05, 4.69) is 13.8 Å². The number of nitrogens with one attached hydrogen (secondary N) is 1. The summed E-state index contributed by atoms with van der Waals surface area (Å²) in [7, 11) is 0. The molecule has 9 heavy (non-hydrogen) atoms. The fourth-order valence-corrected chi connectivity index (χ4v) is 2.72. The lowest BCUT2D eigenvalue weighted by Gasteiger charge is -2.09. The first kappa shape index (κ1) is 9.66. The topological polar surface area (TPSA) is 23.8 Å². The van der Waals surface area contributed by atoms with Gasteiger partial charge >= 0.3 is 0 Å². The van der Waals surface area contributed by atoms with Crippen molar-refractivity contribution in [3.63, 3.8) is 0 Å². The van der Waals surface area contributed by atoms with Crippen LogP contribution in [0, 0.1) is 0 Å². The Bertz CT molecular complexity index is 53.0. The SMILES string of the molecule is CCSC(C[NH])SCC. The lowest BCUT2D eigenvalue weighted by molar-refractivity contribution is 1.06. The summed E-state index contributed by atoms with van der Waals surface area (Å²) in [6, 6.07) is 0. The van der Waals surface area contributed by atoms with E-state index in [1.165, 1.54) is 0 Å². The molecule has 3 heteroatoms. The summed E-state index contributed by atoms with van der Waals surface area (Å²) in [5.41, 5.74) is 7.12. The van der Waals surface area contributed by atoms with Gasteiger partial charge in [-0.3, -0.25) is 5.73 Å². The molecule has 0 aliphatic rings. The number of hydrogen-bond donors (Lipinski definition) is 0. The maximum atomic E-state index is 7.12. The lowest BCUT2D eigenvalue weighted by Crippen LogP contribution is -2.05. The first-order valence-corrected chi connectivity index (χ1v) is 5.32. The van der Waals surface area contributed by atoms with Crippen molar-refractivity contribution < 1.29 is 0 Å². The van der Waals surface area contributed by atoms with Gasteiger partial charge in [0.2, 0.25) is 0 Å². The van der Waals surface area contributed by atoms with Gasteiger partial charge in [-0.05, 0) is 11.5 Å². The van der Waals surface area contributed by atoms with Crippen LogP contribution in [-0.4, -0.2) is 22.6 Å². The summed E-state index contributed by atoms with van der Waals surface area (Å²) >= 11 is 3.75. The standard InChI is InChI=1S/C6H14NS2/c1-3-8-6(5-7)9-4-2/h6-7H,3-5H2,1-2H3. The minimum atomic E-state index is 0.514. The second kappa shape index (κ2) is 6.78. The maximum Gasteiger partial charge on any atom is 0.0640 e. The van der Waals surface area contributed by atoms with Crippen molar-refractivity contribution in [2.75, 3.05) is 18.1 Å². The van der Waals surface area contributed by atoms with E-state index >= 15 is 0 Å². The van der Waals surface area contributed by atoms with Crippen molar-refractivity contribution >= 4 is 23.5 Å². The van der Waals surface area contributed by atoms with Crippen LogP contribution in [-0.2, 0) is 0 Å². The molecule has 0 heterocycles. The normalized spacial score (nSPS) is 10.7. The molecule has 0 rings (SSSR count). The molecule has 1 radical (unpaired) electrons. The Kier molecular flexibility index (Phi) is 7.27.